The molecule has 5 aromatic carbocycles. The number of para-hydroxylation sites is 1. The van der Waals surface area contributed by atoms with Crippen molar-refractivity contribution >= 4 is 49.9 Å². The van der Waals surface area contributed by atoms with Crippen LogP contribution in [0.15, 0.2) is 144 Å². The van der Waals surface area contributed by atoms with Gasteiger partial charge in [-0.15, -0.1) is 0 Å². The highest BCUT2D eigenvalue weighted by atomic mass is 16.3. The van der Waals surface area contributed by atoms with Gasteiger partial charge in [-0.25, -0.2) is 0 Å². The number of pyridine rings is 2. The van der Waals surface area contributed by atoms with E-state index in [2.05, 4.69) is 116 Å². The second-order valence-corrected chi connectivity index (χ2v) is 12.3. The van der Waals surface area contributed by atoms with Crippen LogP contribution in [-0.4, -0.2) is 9.97 Å². The Kier molecular flexibility index (Phi) is 5.51. The van der Waals surface area contributed by atoms with E-state index in [-0.39, 0.29) is 5.41 Å². The van der Waals surface area contributed by atoms with Gasteiger partial charge < -0.3 is 9.32 Å². The molecule has 45 heavy (non-hydrogen) atoms. The number of rotatable bonds is 4. The number of benzene rings is 5. The van der Waals surface area contributed by atoms with Crippen LogP contribution in [0.1, 0.15) is 25.0 Å². The van der Waals surface area contributed by atoms with Crippen LogP contribution in [0.3, 0.4) is 0 Å². The highest BCUT2D eigenvalue weighted by molar-refractivity contribution is 6.18. The molecule has 0 saturated heterocycles. The molecule has 9 rings (SSSR count). The van der Waals surface area contributed by atoms with Gasteiger partial charge in [0.25, 0.3) is 0 Å². The first-order valence-electron chi connectivity index (χ1n) is 15.3. The van der Waals surface area contributed by atoms with Gasteiger partial charge in [-0.2, -0.15) is 0 Å². The van der Waals surface area contributed by atoms with E-state index in [1.165, 1.54) is 33.4 Å². The molecule has 8 aromatic rings. The maximum absolute atomic E-state index is 6.53. The molecule has 0 saturated carbocycles. The maximum Gasteiger partial charge on any atom is 0.155 e. The average Bonchev–Trinajstić information content (AvgIpc) is 3.59. The minimum Gasteiger partial charge on any atom is -0.454 e. The third-order valence-corrected chi connectivity index (χ3v) is 9.40. The van der Waals surface area contributed by atoms with Crippen molar-refractivity contribution in [2.45, 2.75) is 19.3 Å². The fourth-order valence-electron chi connectivity index (χ4n) is 7.15. The lowest BCUT2D eigenvalue weighted by Crippen LogP contribution is -2.16. The fraction of sp³-hybridized carbons (Fsp3) is 0.0732. The van der Waals surface area contributed by atoms with Crippen LogP contribution in [0.4, 0.5) is 17.1 Å². The van der Waals surface area contributed by atoms with Crippen molar-refractivity contribution < 1.29 is 4.42 Å². The Labute approximate surface area is 261 Å². The lowest BCUT2D eigenvalue weighted by molar-refractivity contribution is 0.660. The topological polar surface area (TPSA) is 42.2 Å². The molecule has 3 aromatic heterocycles. The summed E-state index contributed by atoms with van der Waals surface area (Å²) in [5.41, 5.74) is 13.0. The maximum atomic E-state index is 6.53. The van der Waals surface area contributed by atoms with Crippen LogP contribution < -0.4 is 4.90 Å². The predicted octanol–water partition coefficient (Wildman–Crippen LogP) is 11.0. The number of anilines is 3. The highest BCUT2D eigenvalue weighted by Gasteiger charge is 2.36. The molecule has 0 N–H and O–H groups in total. The van der Waals surface area contributed by atoms with Crippen molar-refractivity contribution in [3.05, 3.63) is 151 Å². The van der Waals surface area contributed by atoms with Crippen molar-refractivity contribution in [1.82, 2.24) is 9.97 Å². The summed E-state index contributed by atoms with van der Waals surface area (Å²) in [7, 11) is 0. The molecule has 214 valence electrons. The molecule has 1 aliphatic rings. The summed E-state index contributed by atoms with van der Waals surface area (Å²) in [6.07, 6.45) is 5.70. The Morgan fingerprint density at radius 2 is 1.31 bits per heavy atom. The first-order valence-corrected chi connectivity index (χ1v) is 15.3. The van der Waals surface area contributed by atoms with Crippen molar-refractivity contribution in [2.24, 2.45) is 0 Å². The van der Waals surface area contributed by atoms with E-state index < -0.39 is 0 Å². The third-order valence-electron chi connectivity index (χ3n) is 9.40. The van der Waals surface area contributed by atoms with Crippen LogP contribution in [0.25, 0.3) is 55.1 Å². The largest absolute Gasteiger partial charge is 0.454 e. The van der Waals surface area contributed by atoms with E-state index in [0.717, 1.165) is 49.9 Å². The fourth-order valence-corrected chi connectivity index (χ4v) is 7.15. The Bertz CT molecular complexity index is 2410. The van der Waals surface area contributed by atoms with E-state index >= 15 is 0 Å². The normalized spacial score (nSPS) is 13.3. The van der Waals surface area contributed by atoms with Gasteiger partial charge in [0.15, 0.2) is 5.58 Å². The number of aromatic nitrogens is 2. The van der Waals surface area contributed by atoms with Crippen molar-refractivity contribution in [3.8, 4) is 22.3 Å². The van der Waals surface area contributed by atoms with Crippen LogP contribution in [-0.2, 0) is 5.41 Å². The summed E-state index contributed by atoms with van der Waals surface area (Å²) in [6, 6.07) is 43.0. The summed E-state index contributed by atoms with van der Waals surface area (Å²) in [6.45, 7) is 4.64. The summed E-state index contributed by atoms with van der Waals surface area (Å²) in [5.74, 6) is 0. The number of furan rings is 1. The lowest BCUT2D eigenvalue weighted by atomic mass is 9.82. The zero-order chi connectivity index (χ0) is 30.1. The van der Waals surface area contributed by atoms with Crippen LogP contribution in [0, 0.1) is 0 Å². The van der Waals surface area contributed by atoms with Crippen LogP contribution in [0.5, 0.6) is 0 Å². The van der Waals surface area contributed by atoms with Gasteiger partial charge in [0, 0.05) is 33.8 Å². The Morgan fingerprint density at radius 3 is 2.18 bits per heavy atom. The molecule has 0 bridgehead atoms. The van der Waals surface area contributed by atoms with Gasteiger partial charge >= 0.3 is 0 Å². The van der Waals surface area contributed by atoms with Crippen LogP contribution in [0.2, 0.25) is 0 Å². The van der Waals surface area contributed by atoms with E-state index in [4.69, 9.17) is 14.4 Å². The standard InChI is InChI=1S/C41H29N3O/c1-41(2)34-14-8-6-12-30(34)31-21-20-29(22-35(31)41)44(28-18-16-27(17-19-28)26-10-4-3-5-11-26)37-24-42-25-38-39(37)33-23-43-36-15-9-7-13-32(36)40(33)45-38/h3-25H,1-2H3. The first kappa shape index (κ1) is 25.7. The second-order valence-electron chi connectivity index (χ2n) is 12.3. The quantitative estimate of drug-likeness (QED) is 0.208. The zero-order valence-corrected chi connectivity index (χ0v) is 25.0. The Balaban J connectivity index is 1.29. The molecular weight excluding hydrogens is 550 g/mol. The molecule has 0 spiro atoms. The second kappa shape index (κ2) is 9.63. The molecule has 1 aliphatic carbocycles. The van der Waals surface area contributed by atoms with Gasteiger partial charge in [-0.05, 0) is 69.8 Å². The number of hydrogen-bond donors (Lipinski definition) is 0. The highest BCUT2D eigenvalue weighted by Crippen LogP contribution is 2.51. The minimum atomic E-state index is -0.125. The molecule has 4 heteroatoms. The van der Waals surface area contributed by atoms with E-state index in [1.54, 1.807) is 0 Å². The molecular formula is C41H29N3O. The van der Waals surface area contributed by atoms with E-state index in [9.17, 15) is 0 Å². The SMILES string of the molecule is CC1(C)c2ccccc2-c2ccc(N(c3ccc(-c4ccccc4)cc3)c3cncc4oc5c6ccccc6ncc5c34)cc21. The van der Waals surface area contributed by atoms with Gasteiger partial charge in [0.2, 0.25) is 0 Å². The molecule has 0 fully saturated rings. The molecule has 4 nitrogen and oxygen atoms in total. The predicted molar refractivity (Wildman–Crippen MR) is 184 cm³/mol. The van der Waals surface area contributed by atoms with E-state index in [1.807, 2.05) is 42.9 Å². The average molecular weight is 580 g/mol. The smallest absolute Gasteiger partial charge is 0.155 e. The number of fused-ring (bicyclic) bond motifs is 8. The van der Waals surface area contributed by atoms with Gasteiger partial charge in [0.05, 0.1) is 29.0 Å². The minimum absolute atomic E-state index is 0.125. The Morgan fingerprint density at radius 1 is 0.600 bits per heavy atom. The molecule has 0 amide bonds. The van der Waals surface area contributed by atoms with Gasteiger partial charge in [0.1, 0.15) is 5.58 Å². The van der Waals surface area contributed by atoms with Crippen molar-refractivity contribution in [1.29, 1.82) is 0 Å². The lowest BCUT2D eigenvalue weighted by Gasteiger charge is -2.28. The number of nitrogens with zero attached hydrogens (tertiary/aromatic N) is 3. The molecule has 3 heterocycles. The summed E-state index contributed by atoms with van der Waals surface area (Å²) >= 11 is 0. The van der Waals surface area contributed by atoms with Crippen molar-refractivity contribution in [2.75, 3.05) is 4.90 Å². The summed E-state index contributed by atoms with van der Waals surface area (Å²) in [4.78, 5) is 11.8. The van der Waals surface area contributed by atoms with E-state index in [0.29, 0.717) is 0 Å². The molecule has 0 atom stereocenters. The Hall–Kier alpha value is -5.74. The molecule has 0 radical (unpaired) electrons. The summed E-state index contributed by atoms with van der Waals surface area (Å²) < 4.78 is 6.53. The van der Waals surface area contributed by atoms with Gasteiger partial charge in [-0.3, -0.25) is 9.97 Å². The third kappa shape index (κ3) is 3.85. The number of hydrogen-bond acceptors (Lipinski definition) is 4. The first-order chi connectivity index (χ1) is 22.1. The molecule has 0 unspecified atom stereocenters. The zero-order valence-electron chi connectivity index (χ0n) is 25.0. The summed E-state index contributed by atoms with van der Waals surface area (Å²) in [5, 5.41) is 2.96. The van der Waals surface area contributed by atoms with Crippen molar-refractivity contribution in [3.63, 3.8) is 0 Å². The van der Waals surface area contributed by atoms with Gasteiger partial charge in [-0.1, -0.05) is 98.8 Å². The monoisotopic (exact) mass is 579 g/mol. The molecule has 0 aliphatic heterocycles. The van der Waals surface area contributed by atoms with Crippen LogP contribution >= 0.6 is 0 Å².